The van der Waals surface area contributed by atoms with Crippen LogP contribution >= 0.6 is 0 Å². The third-order valence-corrected chi connectivity index (χ3v) is 6.67. The van der Waals surface area contributed by atoms with Crippen LogP contribution in [0.1, 0.15) is 63.6 Å². The van der Waals surface area contributed by atoms with Crippen molar-refractivity contribution in [2.45, 2.75) is 59.3 Å². The second-order valence-electron chi connectivity index (χ2n) is 9.07. The summed E-state index contributed by atoms with van der Waals surface area (Å²) in [5.41, 5.74) is 6.25. The first-order valence-electron chi connectivity index (χ1n) is 11.7. The Balaban J connectivity index is 0.000000188. The van der Waals surface area contributed by atoms with E-state index < -0.39 is 0 Å². The van der Waals surface area contributed by atoms with Crippen LogP contribution in [0.15, 0.2) is 79.9 Å². The van der Waals surface area contributed by atoms with Gasteiger partial charge in [0, 0.05) is 29.2 Å². The van der Waals surface area contributed by atoms with Gasteiger partial charge in [-0.2, -0.15) is 0 Å². The molecular weight excluding hydrogens is 390 g/mol. The predicted molar refractivity (Wildman–Crippen MR) is 138 cm³/mol. The summed E-state index contributed by atoms with van der Waals surface area (Å²) in [6.45, 7) is 16.3. The van der Waals surface area contributed by atoms with Gasteiger partial charge in [-0.15, -0.1) is 6.58 Å². The van der Waals surface area contributed by atoms with Crippen LogP contribution in [0.5, 0.6) is 0 Å². The molecule has 2 aromatic heterocycles. The number of benzene rings is 1. The highest BCUT2D eigenvalue weighted by Crippen LogP contribution is 2.38. The summed E-state index contributed by atoms with van der Waals surface area (Å²) < 4.78 is 2.09. The molecule has 1 aliphatic carbocycles. The molecule has 3 nitrogen and oxygen atoms in total. The van der Waals surface area contributed by atoms with Crippen molar-refractivity contribution in [1.29, 1.82) is 0 Å². The monoisotopic (exact) mass is 427 g/mol. The van der Waals surface area contributed by atoms with Crippen molar-refractivity contribution in [3.8, 4) is 0 Å². The number of pyridine rings is 1. The summed E-state index contributed by atoms with van der Waals surface area (Å²) in [6, 6.07) is 10.8. The highest BCUT2D eigenvalue weighted by Gasteiger charge is 2.21. The molecule has 1 saturated carbocycles. The molecule has 0 N–H and O–H groups in total. The van der Waals surface area contributed by atoms with E-state index in [0.717, 1.165) is 17.1 Å². The lowest BCUT2D eigenvalue weighted by molar-refractivity contribution is 0.377. The van der Waals surface area contributed by atoms with Crippen molar-refractivity contribution in [3.05, 3.63) is 91.2 Å². The molecule has 0 radical (unpaired) electrons. The SMILES string of the molecule is C=C/C(=C(/C)n1cncc1C)C(C)C.C=CC1CCC(c2cccc3ncccc23)CC1. The molecule has 3 heteroatoms. The summed E-state index contributed by atoms with van der Waals surface area (Å²) in [5.74, 6) is 1.93. The van der Waals surface area contributed by atoms with Gasteiger partial charge < -0.3 is 4.57 Å². The molecule has 32 heavy (non-hydrogen) atoms. The number of aromatic nitrogens is 3. The summed E-state index contributed by atoms with van der Waals surface area (Å²) in [5, 5.41) is 1.34. The Morgan fingerprint density at radius 3 is 2.44 bits per heavy atom. The normalized spacial score (nSPS) is 19.2. The minimum atomic E-state index is 0.495. The van der Waals surface area contributed by atoms with Gasteiger partial charge >= 0.3 is 0 Å². The van der Waals surface area contributed by atoms with E-state index in [4.69, 9.17) is 0 Å². The Hall–Kier alpha value is -2.94. The molecule has 0 unspecified atom stereocenters. The van der Waals surface area contributed by atoms with Gasteiger partial charge in [0.1, 0.15) is 0 Å². The van der Waals surface area contributed by atoms with E-state index in [9.17, 15) is 0 Å². The first-order chi connectivity index (χ1) is 15.5. The van der Waals surface area contributed by atoms with Gasteiger partial charge in [0.25, 0.3) is 0 Å². The molecule has 0 aliphatic heterocycles. The molecule has 1 fully saturated rings. The lowest BCUT2D eigenvalue weighted by Crippen LogP contribution is -2.11. The van der Waals surface area contributed by atoms with E-state index in [1.807, 2.05) is 30.9 Å². The van der Waals surface area contributed by atoms with E-state index in [1.165, 1.54) is 47.9 Å². The fourth-order valence-corrected chi connectivity index (χ4v) is 4.80. The summed E-state index contributed by atoms with van der Waals surface area (Å²) in [6.07, 6.45) is 14.8. The molecule has 0 bridgehead atoms. The van der Waals surface area contributed by atoms with Crippen molar-refractivity contribution >= 4 is 16.6 Å². The third-order valence-electron chi connectivity index (χ3n) is 6.67. The molecule has 1 aliphatic rings. The van der Waals surface area contributed by atoms with Crippen LogP contribution in [0.2, 0.25) is 0 Å². The summed E-state index contributed by atoms with van der Waals surface area (Å²) in [7, 11) is 0. The molecule has 3 aromatic rings. The zero-order chi connectivity index (χ0) is 23.1. The number of aryl methyl sites for hydroxylation is 1. The average Bonchev–Trinajstić information content (AvgIpc) is 3.25. The third kappa shape index (κ3) is 5.45. The minimum absolute atomic E-state index is 0.495. The number of imidazole rings is 1. The van der Waals surface area contributed by atoms with Crippen molar-refractivity contribution in [2.24, 2.45) is 11.8 Å². The number of hydrogen-bond donors (Lipinski definition) is 0. The van der Waals surface area contributed by atoms with Gasteiger partial charge in [-0.05, 0) is 80.6 Å². The van der Waals surface area contributed by atoms with Crippen LogP contribution in [-0.2, 0) is 0 Å². The lowest BCUT2D eigenvalue weighted by atomic mass is 9.78. The average molecular weight is 428 g/mol. The minimum Gasteiger partial charge on any atom is -0.307 e. The fraction of sp³-hybridized carbons (Fsp3) is 0.379. The Morgan fingerprint density at radius 1 is 1.09 bits per heavy atom. The van der Waals surface area contributed by atoms with E-state index in [1.54, 1.807) is 0 Å². The van der Waals surface area contributed by atoms with Crippen molar-refractivity contribution in [1.82, 2.24) is 14.5 Å². The van der Waals surface area contributed by atoms with Gasteiger partial charge in [0.15, 0.2) is 0 Å². The molecule has 0 amide bonds. The topological polar surface area (TPSA) is 30.7 Å². The first-order valence-corrected chi connectivity index (χ1v) is 11.7. The Morgan fingerprint density at radius 2 is 1.84 bits per heavy atom. The van der Waals surface area contributed by atoms with Crippen LogP contribution in [-0.4, -0.2) is 14.5 Å². The Kier molecular flexibility index (Phi) is 8.21. The van der Waals surface area contributed by atoms with E-state index >= 15 is 0 Å². The van der Waals surface area contributed by atoms with Gasteiger partial charge in [0.05, 0.1) is 11.8 Å². The smallest absolute Gasteiger partial charge is 0.0991 e. The molecule has 1 aromatic carbocycles. The number of nitrogens with zero attached hydrogens (tertiary/aromatic N) is 3. The predicted octanol–water partition coefficient (Wildman–Crippen LogP) is 7.96. The maximum Gasteiger partial charge on any atom is 0.0991 e. The molecule has 0 saturated heterocycles. The van der Waals surface area contributed by atoms with E-state index in [2.05, 4.69) is 85.7 Å². The molecule has 168 valence electrons. The zero-order valence-electron chi connectivity index (χ0n) is 20.1. The van der Waals surface area contributed by atoms with Crippen molar-refractivity contribution in [3.63, 3.8) is 0 Å². The molecule has 0 spiro atoms. The van der Waals surface area contributed by atoms with Crippen molar-refractivity contribution in [2.75, 3.05) is 0 Å². The molecule has 0 atom stereocenters. The summed E-state index contributed by atoms with van der Waals surface area (Å²) in [4.78, 5) is 8.56. The van der Waals surface area contributed by atoms with Gasteiger partial charge in [-0.25, -0.2) is 4.98 Å². The maximum absolute atomic E-state index is 4.45. The standard InChI is InChI=1S/C17H19N.C12H18N2/c1-2-13-8-10-14(11-9-13)15-5-3-7-17-16(15)6-4-12-18-17;1-6-12(9(2)3)11(5)14-8-13-7-10(14)4/h2-7,12-14H,1,8-11H2;6-9H,1H2,2-5H3/b;12-11+. The van der Waals surface area contributed by atoms with Crippen LogP contribution in [0.3, 0.4) is 0 Å². The van der Waals surface area contributed by atoms with Gasteiger partial charge in [-0.1, -0.05) is 50.8 Å². The van der Waals surface area contributed by atoms with Crippen LogP contribution in [0.4, 0.5) is 0 Å². The largest absolute Gasteiger partial charge is 0.307 e. The number of allylic oxidation sites excluding steroid dienone is 4. The molecule has 2 heterocycles. The second kappa shape index (κ2) is 11.1. The van der Waals surface area contributed by atoms with E-state index in [0.29, 0.717) is 11.8 Å². The molecule has 4 rings (SSSR count). The lowest BCUT2D eigenvalue weighted by Gasteiger charge is -2.27. The zero-order valence-corrected chi connectivity index (χ0v) is 20.1. The van der Waals surface area contributed by atoms with Gasteiger partial charge in [0.2, 0.25) is 0 Å². The number of fused-ring (bicyclic) bond motifs is 1. The molecular formula is C29H37N3. The maximum atomic E-state index is 4.45. The fourth-order valence-electron chi connectivity index (χ4n) is 4.80. The Labute approximate surface area is 193 Å². The quantitative estimate of drug-likeness (QED) is 0.305. The summed E-state index contributed by atoms with van der Waals surface area (Å²) >= 11 is 0. The van der Waals surface area contributed by atoms with E-state index in [-0.39, 0.29) is 0 Å². The van der Waals surface area contributed by atoms with Crippen LogP contribution in [0, 0.1) is 18.8 Å². The van der Waals surface area contributed by atoms with Gasteiger partial charge in [-0.3, -0.25) is 4.98 Å². The highest BCUT2D eigenvalue weighted by molar-refractivity contribution is 5.82. The number of rotatable bonds is 5. The highest BCUT2D eigenvalue weighted by atomic mass is 15.0. The first kappa shape index (κ1) is 23.7. The van der Waals surface area contributed by atoms with Crippen LogP contribution in [0.25, 0.3) is 16.6 Å². The number of hydrogen-bond acceptors (Lipinski definition) is 2. The van der Waals surface area contributed by atoms with Crippen molar-refractivity contribution < 1.29 is 0 Å². The van der Waals surface area contributed by atoms with Crippen LogP contribution < -0.4 is 0 Å². The second-order valence-corrected chi connectivity index (χ2v) is 9.07. The Bertz CT molecular complexity index is 1070.